The first kappa shape index (κ1) is 23.0. The molecule has 2 saturated heterocycles. The molecule has 0 spiro atoms. The van der Waals surface area contributed by atoms with Crippen LogP contribution in [0.4, 0.5) is 16.3 Å². The number of hydrogen-bond donors (Lipinski definition) is 1. The molecule has 2 atom stereocenters. The molecule has 2 bridgehead atoms. The lowest BCUT2D eigenvalue weighted by molar-refractivity contribution is -0.111. The summed E-state index contributed by atoms with van der Waals surface area (Å²) in [4.78, 5) is 22.8. The third-order valence-corrected chi connectivity index (χ3v) is 7.06. The minimum atomic E-state index is -0.314. The Morgan fingerprint density at radius 3 is 2.65 bits per heavy atom. The zero-order valence-electron chi connectivity index (χ0n) is 18.5. The van der Waals surface area contributed by atoms with Crippen LogP contribution >= 0.6 is 23.2 Å². The fourth-order valence-corrected chi connectivity index (χ4v) is 4.68. The van der Waals surface area contributed by atoms with Gasteiger partial charge in [0.2, 0.25) is 5.88 Å². The van der Waals surface area contributed by atoms with E-state index in [4.69, 9.17) is 42.7 Å². The number of rotatable bonds is 5. The van der Waals surface area contributed by atoms with E-state index >= 15 is 0 Å². The fraction of sp³-hybridized carbons (Fsp3) is 0.478. The van der Waals surface area contributed by atoms with Crippen LogP contribution < -0.4 is 10.1 Å². The number of halogens is 2. The Bertz CT molecular complexity index is 1140. The van der Waals surface area contributed by atoms with E-state index in [0.29, 0.717) is 48.4 Å². The van der Waals surface area contributed by atoms with E-state index in [1.165, 1.54) is 6.33 Å². The van der Waals surface area contributed by atoms with Crippen LogP contribution in [-0.2, 0) is 9.47 Å². The number of anilines is 2. The number of benzene rings is 1. The van der Waals surface area contributed by atoms with Crippen LogP contribution in [0.25, 0.3) is 0 Å². The normalized spacial score (nSPS) is 24.6. The lowest BCUT2D eigenvalue weighted by Gasteiger charge is -2.46. The van der Waals surface area contributed by atoms with Crippen LogP contribution in [-0.4, -0.2) is 59.0 Å². The Hall–Kier alpha value is -2.80. The fourth-order valence-electron chi connectivity index (χ4n) is 4.26. The summed E-state index contributed by atoms with van der Waals surface area (Å²) >= 11 is 12.8. The molecule has 1 saturated carbocycles. The predicted octanol–water partition coefficient (Wildman–Crippen LogP) is 4.41. The van der Waals surface area contributed by atoms with Gasteiger partial charge in [0.1, 0.15) is 23.1 Å². The zero-order valence-corrected chi connectivity index (χ0v) is 20.0. The van der Waals surface area contributed by atoms with Gasteiger partial charge in [0, 0.05) is 24.9 Å². The Balaban J connectivity index is 1.30. The first-order valence-corrected chi connectivity index (χ1v) is 11.8. The zero-order chi connectivity index (χ0) is 23.9. The average Bonchev–Trinajstić information content (AvgIpc) is 3.53. The van der Waals surface area contributed by atoms with Gasteiger partial charge >= 0.3 is 6.09 Å². The van der Waals surface area contributed by atoms with E-state index in [0.717, 1.165) is 12.8 Å². The highest BCUT2D eigenvalue weighted by atomic mass is 35.5. The van der Waals surface area contributed by atoms with Gasteiger partial charge in [-0.2, -0.15) is 5.26 Å². The molecule has 0 radical (unpaired) electrons. The maximum atomic E-state index is 12.6. The molecule has 2 unspecified atom stereocenters. The first-order valence-electron chi connectivity index (χ1n) is 11.0. The molecule has 1 N–H and O–H groups in total. The molecular formula is C23H23Cl2N5O4. The molecule has 3 aliphatic rings. The van der Waals surface area contributed by atoms with Crippen LogP contribution in [0.3, 0.4) is 0 Å². The van der Waals surface area contributed by atoms with Gasteiger partial charge in [-0.3, -0.25) is 0 Å². The molecule has 2 aromatic rings. The van der Waals surface area contributed by atoms with Crippen molar-refractivity contribution < 1.29 is 19.0 Å². The van der Waals surface area contributed by atoms with Crippen molar-refractivity contribution in [3.63, 3.8) is 0 Å². The van der Waals surface area contributed by atoms with Gasteiger partial charge in [-0.25, -0.2) is 14.8 Å². The summed E-state index contributed by atoms with van der Waals surface area (Å²) in [6.07, 6.45) is 2.68. The SMILES string of the molecule is CC1(OC(=O)N2CC3COCC(C2)C3Oc2ncnc(Nc3ccc(C#N)cc3Cl)c2Cl)CC1. The summed E-state index contributed by atoms with van der Waals surface area (Å²) < 4.78 is 17.7. The molecule has 2 aliphatic heterocycles. The molecule has 1 amide bonds. The Morgan fingerprint density at radius 2 is 2.00 bits per heavy atom. The van der Waals surface area contributed by atoms with E-state index in [1.54, 1.807) is 23.1 Å². The predicted molar refractivity (Wildman–Crippen MR) is 124 cm³/mol. The summed E-state index contributed by atoms with van der Waals surface area (Å²) in [6.45, 7) is 3.85. The molecule has 1 aromatic heterocycles. The molecule has 178 valence electrons. The Labute approximate surface area is 206 Å². The van der Waals surface area contributed by atoms with E-state index in [2.05, 4.69) is 15.3 Å². The number of hydrogen-bond acceptors (Lipinski definition) is 8. The van der Waals surface area contributed by atoms with Crippen molar-refractivity contribution in [3.05, 3.63) is 40.1 Å². The highest BCUT2D eigenvalue weighted by Crippen LogP contribution is 2.40. The molecule has 3 heterocycles. The number of nitrogens with one attached hydrogen (secondary N) is 1. The minimum Gasteiger partial charge on any atom is -0.472 e. The number of carbonyl (C=O) groups excluding carboxylic acids is 1. The Kier molecular flexibility index (Phi) is 6.15. The van der Waals surface area contributed by atoms with Gasteiger partial charge in [-0.05, 0) is 38.0 Å². The number of carbonyl (C=O) groups is 1. The quantitative estimate of drug-likeness (QED) is 0.638. The highest BCUT2D eigenvalue weighted by molar-refractivity contribution is 6.35. The van der Waals surface area contributed by atoms with E-state index < -0.39 is 0 Å². The van der Waals surface area contributed by atoms with Crippen molar-refractivity contribution in [2.75, 3.05) is 31.6 Å². The van der Waals surface area contributed by atoms with E-state index in [9.17, 15) is 4.79 Å². The molecule has 11 heteroatoms. The number of aromatic nitrogens is 2. The second-order valence-corrected chi connectivity index (χ2v) is 9.92. The van der Waals surface area contributed by atoms with Gasteiger partial charge in [0.15, 0.2) is 5.82 Å². The van der Waals surface area contributed by atoms with Gasteiger partial charge in [-0.1, -0.05) is 23.2 Å². The maximum absolute atomic E-state index is 12.6. The maximum Gasteiger partial charge on any atom is 0.410 e. The van der Waals surface area contributed by atoms with Gasteiger partial charge < -0.3 is 24.4 Å². The lowest BCUT2D eigenvalue weighted by atomic mass is 9.84. The minimum absolute atomic E-state index is 0.0394. The lowest BCUT2D eigenvalue weighted by Crippen LogP contribution is -2.59. The molecular weight excluding hydrogens is 481 g/mol. The van der Waals surface area contributed by atoms with Crippen LogP contribution in [0.1, 0.15) is 25.3 Å². The molecule has 1 aromatic carbocycles. The number of piperidine rings is 1. The Morgan fingerprint density at radius 1 is 1.26 bits per heavy atom. The van der Waals surface area contributed by atoms with Crippen molar-refractivity contribution in [2.45, 2.75) is 31.5 Å². The summed E-state index contributed by atoms with van der Waals surface area (Å²) in [6, 6.07) is 6.92. The summed E-state index contributed by atoms with van der Waals surface area (Å²) in [5.41, 5.74) is 0.684. The molecule has 1 aliphatic carbocycles. The first-order chi connectivity index (χ1) is 16.3. The number of amides is 1. The average molecular weight is 504 g/mol. The van der Waals surface area contributed by atoms with Crippen LogP contribution in [0, 0.1) is 23.2 Å². The topological polar surface area (TPSA) is 110 Å². The molecule has 34 heavy (non-hydrogen) atoms. The number of fused-ring (bicyclic) bond motifs is 2. The summed E-state index contributed by atoms with van der Waals surface area (Å²) in [5, 5.41) is 12.7. The van der Waals surface area contributed by atoms with Crippen molar-refractivity contribution in [2.24, 2.45) is 11.8 Å². The monoisotopic (exact) mass is 503 g/mol. The number of ether oxygens (including phenoxy) is 3. The third kappa shape index (κ3) is 4.71. The van der Waals surface area contributed by atoms with Gasteiger partial charge in [0.25, 0.3) is 0 Å². The van der Waals surface area contributed by atoms with Crippen molar-refractivity contribution in [3.8, 4) is 11.9 Å². The second kappa shape index (κ2) is 9.10. The van der Waals surface area contributed by atoms with Crippen LogP contribution in [0.5, 0.6) is 5.88 Å². The van der Waals surface area contributed by atoms with Crippen molar-refractivity contribution >= 4 is 40.8 Å². The van der Waals surface area contributed by atoms with Crippen LogP contribution in [0.15, 0.2) is 24.5 Å². The summed E-state index contributed by atoms with van der Waals surface area (Å²) in [7, 11) is 0. The number of likely N-dealkylation sites (tertiary alicyclic amines) is 1. The van der Waals surface area contributed by atoms with Crippen molar-refractivity contribution in [1.82, 2.24) is 14.9 Å². The second-order valence-electron chi connectivity index (χ2n) is 9.14. The number of nitrogens with zero attached hydrogens (tertiary/aromatic N) is 4. The van der Waals surface area contributed by atoms with Gasteiger partial charge in [-0.15, -0.1) is 0 Å². The molecule has 3 fully saturated rings. The largest absolute Gasteiger partial charge is 0.472 e. The molecule has 9 nitrogen and oxygen atoms in total. The van der Waals surface area contributed by atoms with Crippen LogP contribution in [0.2, 0.25) is 10.0 Å². The summed E-state index contributed by atoms with van der Waals surface area (Å²) in [5.74, 6) is 0.496. The number of nitriles is 1. The van der Waals surface area contributed by atoms with E-state index in [1.807, 2.05) is 13.0 Å². The smallest absolute Gasteiger partial charge is 0.410 e. The van der Waals surface area contributed by atoms with E-state index in [-0.39, 0.29) is 40.5 Å². The van der Waals surface area contributed by atoms with Gasteiger partial charge in [0.05, 0.1) is 35.6 Å². The molecule has 5 rings (SSSR count). The van der Waals surface area contributed by atoms with Crippen molar-refractivity contribution in [1.29, 1.82) is 5.26 Å². The highest BCUT2D eigenvalue weighted by Gasteiger charge is 2.47. The third-order valence-electron chi connectivity index (χ3n) is 6.41. The standard InChI is InChI=1S/C23H23Cl2N5O4/c1-23(4-5-23)34-22(31)30-8-14-10-32-11-15(9-30)19(14)33-21-18(25)20(27-12-28-21)29-17-3-2-13(7-26)6-16(17)24/h2-3,6,12,14-15,19H,4-5,8-11H2,1H3,(H,27,28,29).